The van der Waals surface area contributed by atoms with Crippen LogP contribution < -0.4 is 0 Å². The first-order valence-corrected chi connectivity index (χ1v) is 11.8. The highest BCUT2D eigenvalue weighted by atomic mass is 32.1. The van der Waals surface area contributed by atoms with Crippen molar-refractivity contribution in [1.29, 1.82) is 0 Å². The van der Waals surface area contributed by atoms with E-state index in [9.17, 15) is 4.79 Å². The van der Waals surface area contributed by atoms with Crippen molar-refractivity contribution < 1.29 is 9.21 Å². The van der Waals surface area contributed by atoms with Gasteiger partial charge in [0.25, 0.3) is 5.91 Å². The third-order valence-electron chi connectivity index (χ3n) is 6.13. The fourth-order valence-electron chi connectivity index (χ4n) is 4.31. The Kier molecular flexibility index (Phi) is 5.76. The van der Waals surface area contributed by atoms with Crippen LogP contribution in [0.3, 0.4) is 0 Å². The monoisotopic (exact) mass is 446 g/mol. The Bertz CT molecular complexity index is 1230. The summed E-state index contributed by atoms with van der Waals surface area (Å²) in [7, 11) is 0. The summed E-state index contributed by atoms with van der Waals surface area (Å²) in [6, 6.07) is 14.2. The molecular formula is C25H26N4O2S. The maximum atomic E-state index is 13.4. The Balaban J connectivity index is 1.29. The molecule has 32 heavy (non-hydrogen) atoms. The van der Waals surface area contributed by atoms with Crippen LogP contribution in [0.15, 0.2) is 53.1 Å². The molecule has 0 unspecified atom stereocenters. The lowest BCUT2D eigenvalue weighted by atomic mass is 10.1. The normalized spacial score (nSPS) is 14.9. The van der Waals surface area contributed by atoms with Crippen molar-refractivity contribution in [3.63, 3.8) is 0 Å². The van der Waals surface area contributed by atoms with Crippen molar-refractivity contribution >= 4 is 27.5 Å². The molecule has 164 valence electrons. The van der Waals surface area contributed by atoms with Crippen LogP contribution in [-0.2, 0) is 6.42 Å². The van der Waals surface area contributed by atoms with Crippen molar-refractivity contribution in [3.8, 4) is 11.6 Å². The first-order chi connectivity index (χ1) is 15.6. The van der Waals surface area contributed by atoms with Gasteiger partial charge in [-0.15, -0.1) is 11.3 Å². The summed E-state index contributed by atoms with van der Waals surface area (Å²) >= 11 is 1.46. The van der Waals surface area contributed by atoms with Crippen molar-refractivity contribution in [2.75, 3.05) is 32.7 Å². The zero-order chi connectivity index (χ0) is 22.1. The first kappa shape index (κ1) is 20.8. The van der Waals surface area contributed by atoms with E-state index in [1.807, 2.05) is 30.9 Å². The molecule has 0 saturated carbocycles. The molecule has 7 heteroatoms. The third kappa shape index (κ3) is 4.06. The number of hydrogen-bond acceptors (Lipinski definition) is 6. The molecule has 1 saturated heterocycles. The number of fused-ring (bicyclic) bond motifs is 1. The second kappa shape index (κ2) is 8.84. The van der Waals surface area contributed by atoms with Gasteiger partial charge in [-0.1, -0.05) is 30.3 Å². The van der Waals surface area contributed by atoms with Crippen LogP contribution in [0, 0.1) is 13.8 Å². The Morgan fingerprint density at radius 2 is 1.81 bits per heavy atom. The lowest BCUT2D eigenvalue weighted by Gasteiger charge is -2.34. The molecule has 4 aromatic rings. The molecule has 0 radical (unpaired) electrons. The van der Waals surface area contributed by atoms with E-state index in [4.69, 9.17) is 4.42 Å². The van der Waals surface area contributed by atoms with Gasteiger partial charge in [-0.2, -0.15) is 0 Å². The molecule has 0 N–H and O–H groups in total. The number of aryl methyl sites for hydroxylation is 2. The highest BCUT2D eigenvalue weighted by Crippen LogP contribution is 2.33. The molecule has 5 rings (SSSR count). The molecule has 6 nitrogen and oxygen atoms in total. The Morgan fingerprint density at radius 3 is 2.53 bits per heavy atom. The van der Waals surface area contributed by atoms with Gasteiger partial charge in [-0.05, 0) is 43.5 Å². The largest absolute Gasteiger partial charge is 0.461 e. The SMILES string of the molecule is Cc1nc(-c2ccco2)nc2sc(C(=O)N3CCN(CCc4ccccc4)CC3)c(C)c12. The minimum Gasteiger partial charge on any atom is -0.461 e. The number of aromatic nitrogens is 2. The van der Waals surface area contributed by atoms with Gasteiger partial charge in [0.1, 0.15) is 4.83 Å². The summed E-state index contributed by atoms with van der Waals surface area (Å²) in [5.41, 5.74) is 3.21. The van der Waals surface area contributed by atoms with Crippen LogP contribution in [0.5, 0.6) is 0 Å². The quantitative estimate of drug-likeness (QED) is 0.449. The summed E-state index contributed by atoms with van der Waals surface area (Å²) in [5.74, 6) is 1.31. The second-order valence-electron chi connectivity index (χ2n) is 8.22. The highest BCUT2D eigenvalue weighted by Gasteiger charge is 2.26. The smallest absolute Gasteiger partial charge is 0.264 e. The number of thiophene rings is 1. The molecule has 0 spiro atoms. The van der Waals surface area contributed by atoms with Crippen molar-refractivity contribution in [2.45, 2.75) is 20.3 Å². The van der Waals surface area contributed by atoms with E-state index < -0.39 is 0 Å². The van der Waals surface area contributed by atoms with Gasteiger partial charge in [0.2, 0.25) is 0 Å². The van der Waals surface area contributed by atoms with E-state index in [0.717, 1.165) is 65.5 Å². The van der Waals surface area contributed by atoms with Crippen LogP contribution >= 0.6 is 11.3 Å². The molecule has 1 amide bonds. The lowest BCUT2D eigenvalue weighted by Crippen LogP contribution is -2.49. The van der Waals surface area contributed by atoms with Gasteiger partial charge in [0.05, 0.1) is 16.8 Å². The molecule has 4 heterocycles. The van der Waals surface area contributed by atoms with Crippen LogP contribution in [0.2, 0.25) is 0 Å². The first-order valence-electron chi connectivity index (χ1n) is 11.0. The van der Waals surface area contributed by atoms with Crippen molar-refractivity contribution in [3.05, 3.63) is 70.4 Å². The Hall–Kier alpha value is -3.03. The van der Waals surface area contributed by atoms with E-state index in [0.29, 0.717) is 11.6 Å². The minimum absolute atomic E-state index is 0.104. The fraction of sp³-hybridized carbons (Fsp3) is 0.320. The maximum absolute atomic E-state index is 13.4. The number of carbonyl (C=O) groups excluding carboxylic acids is 1. The van der Waals surface area contributed by atoms with Crippen molar-refractivity contribution in [1.82, 2.24) is 19.8 Å². The van der Waals surface area contributed by atoms with E-state index in [1.165, 1.54) is 16.9 Å². The second-order valence-corrected chi connectivity index (χ2v) is 9.21. The average molecular weight is 447 g/mol. The minimum atomic E-state index is 0.104. The number of amides is 1. The molecule has 0 bridgehead atoms. The molecule has 0 atom stereocenters. The topological polar surface area (TPSA) is 62.5 Å². The van der Waals surface area contributed by atoms with Crippen LogP contribution in [-0.4, -0.2) is 58.4 Å². The Morgan fingerprint density at radius 1 is 1.03 bits per heavy atom. The average Bonchev–Trinajstić information content (AvgIpc) is 3.47. The van der Waals surface area contributed by atoms with E-state index in [2.05, 4.69) is 45.2 Å². The van der Waals surface area contributed by atoms with Gasteiger partial charge >= 0.3 is 0 Å². The predicted octanol–water partition coefficient (Wildman–Crippen LogP) is 4.57. The van der Waals surface area contributed by atoms with E-state index in [-0.39, 0.29) is 5.91 Å². The number of rotatable bonds is 5. The summed E-state index contributed by atoms with van der Waals surface area (Å²) in [6.07, 6.45) is 2.66. The number of piperazine rings is 1. The van der Waals surface area contributed by atoms with E-state index in [1.54, 1.807) is 6.26 Å². The highest BCUT2D eigenvalue weighted by molar-refractivity contribution is 7.20. The van der Waals surface area contributed by atoms with Gasteiger partial charge in [-0.25, -0.2) is 9.97 Å². The number of nitrogens with zero attached hydrogens (tertiary/aromatic N) is 4. The van der Waals surface area contributed by atoms with Gasteiger partial charge < -0.3 is 9.32 Å². The zero-order valence-corrected chi connectivity index (χ0v) is 19.2. The molecule has 0 aliphatic carbocycles. The molecule has 1 aliphatic rings. The van der Waals surface area contributed by atoms with Gasteiger partial charge in [0, 0.05) is 38.1 Å². The summed E-state index contributed by atoms with van der Waals surface area (Å²) in [6.45, 7) is 8.32. The molecule has 1 aromatic carbocycles. The van der Waals surface area contributed by atoms with Crippen LogP contribution in [0.1, 0.15) is 26.5 Å². The number of carbonyl (C=O) groups is 1. The predicted molar refractivity (Wildman–Crippen MR) is 127 cm³/mol. The third-order valence-corrected chi connectivity index (χ3v) is 7.30. The van der Waals surface area contributed by atoms with Gasteiger partial charge in [0.15, 0.2) is 11.6 Å². The standard InChI is InChI=1S/C25H26N4O2S/c1-17-21-18(2)26-23(20-9-6-16-31-20)27-24(21)32-22(17)25(30)29-14-12-28(13-15-29)11-10-19-7-4-3-5-8-19/h3-9,16H,10-15H2,1-2H3. The molecule has 1 aliphatic heterocycles. The zero-order valence-electron chi connectivity index (χ0n) is 18.4. The molecule has 3 aromatic heterocycles. The lowest BCUT2D eigenvalue weighted by molar-refractivity contribution is 0.0643. The number of hydrogen-bond donors (Lipinski definition) is 0. The fourth-order valence-corrected chi connectivity index (χ4v) is 5.51. The summed E-state index contributed by atoms with van der Waals surface area (Å²) in [4.78, 5) is 28.7. The van der Waals surface area contributed by atoms with E-state index >= 15 is 0 Å². The summed E-state index contributed by atoms with van der Waals surface area (Å²) < 4.78 is 5.46. The maximum Gasteiger partial charge on any atom is 0.264 e. The van der Waals surface area contributed by atoms with Crippen LogP contribution in [0.25, 0.3) is 21.8 Å². The van der Waals surface area contributed by atoms with Crippen molar-refractivity contribution in [2.24, 2.45) is 0 Å². The number of furan rings is 1. The molecule has 1 fully saturated rings. The van der Waals surface area contributed by atoms with Gasteiger partial charge in [-0.3, -0.25) is 9.69 Å². The Labute approximate surface area is 191 Å². The summed E-state index contributed by atoms with van der Waals surface area (Å²) in [5, 5.41) is 0.982. The molecular weight excluding hydrogens is 420 g/mol. The number of benzene rings is 1. The van der Waals surface area contributed by atoms with Crippen LogP contribution in [0.4, 0.5) is 0 Å².